The first-order valence-corrected chi connectivity index (χ1v) is 14.9. The summed E-state index contributed by atoms with van der Waals surface area (Å²) in [7, 11) is -3.29. The van der Waals surface area contributed by atoms with E-state index in [1.165, 1.54) is 35.3 Å². The molecule has 2 amide bonds. The number of fused-ring (bicyclic) bond motifs is 1. The van der Waals surface area contributed by atoms with E-state index in [9.17, 15) is 40.0 Å². The van der Waals surface area contributed by atoms with Gasteiger partial charge in [0.1, 0.15) is 21.5 Å². The Morgan fingerprint density at radius 3 is 2.51 bits per heavy atom. The Kier molecular flexibility index (Phi) is 7.77. The van der Waals surface area contributed by atoms with Crippen molar-refractivity contribution >= 4 is 38.9 Å². The maximum Gasteiger partial charge on any atom is 0.416 e. The fourth-order valence-electron chi connectivity index (χ4n) is 4.65. The molecular weight excluding hydrogens is 619 g/mol. The minimum atomic E-state index is -4.93. The van der Waals surface area contributed by atoms with Crippen molar-refractivity contribution in [1.29, 1.82) is 0 Å². The Bertz CT molecular complexity index is 1890. The molecule has 1 aliphatic rings. The zero-order valence-corrected chi connectivity index (χ0v) is 23.5. The van der Waals surface area contributed by atoms with Gasteiger partial charge in [-0.1, -0.05) is 11.6 Å². The standard InChI is InChI=1S/C28H20ClF5N4O4S/c1-43(41,42)5-4-38-13-16(12-35-38)14-8-21-24(25(37-27(21)40)20-11-18(30)2-3-22(20)29)23(9-14)36-26(39)15-6-17(28(32,33)34)10-19(31)7-15/h2-3,6-13,25H,4-5H2,1H3,(H,36,39)(H,37,40). The molecule has 2 N–H and O–H groups in total. The Hall–Kier alpha value is -4.30. The second-order valence-corrected chi connectivity index (χ2v) is 12.5. The number of aromatic nitrogens is 2. The highest BCUT2D eigenvalue weighted by molar-refractivity contribution is 7.90. The molecule has 4 aromatic rings. The lowest BCUT2D eigenvalue weighted by atomic mass is 9.93. The van der Waals surface area contributed by atoms with Gasteiger partial charge < -0.3 is 10.6 Å². The van der Waals surface area contributed by atoms with Gasteiger partial charge in [-0.05, 0) is 54.1 Å². The normalized spacial score (nSPS) is 14.9. The molecule has 1 atom stereocenters. The van der Waals surface area contributed by atoms with Crippen LogP contribution in [0.1, 0.15) is 43.4 Å². The fraction of sp³-hybridized carbons (Fsp3) is 0.179. The lowest BCUT2D eigenvalue weighted by molar-refractivity contribution is -0.137. The third-order valence-electron chi connectivity index (χ3n) is 6.65. The molecule has 1 aromatic heterocycles. The van der Waals surface area contributed by atoms with Crippen molar-refractivity contribution in [2.24, 2.45) is 0 Å². The summed E-state index contributed by atoms with van der Waals surface area (Å²) >= 11 is 6.31. The summed E-state index contributed by atoms with van der Waals surface area (Å²) in [5.41, 5.74) is -0.993. The van der Waals surface area contributed by atoms with E-state index in [1.807, 2.05) is 0 Å². The molecule has 0 fully saturated rings. The lowest BCUT2D eigenvalue weighted by Crippen LogP contribution is -2.21. The summed E-state index contributed by atoms with van der Waals surface area (Å²) in [5.74, 6) is -3.87. The number of hydrogen-bond donors (Lipinski definition) is 2. The predicted octanol–water partition coefficient (Wildman–Crippen LogP) is 5.63. The molecule has 0 spiro atoms. The molecule has 0 aliphatic carbocycles. The van der Waals surface area contributed by atoms with Crippen LogP contribution in [0.15, 0.2) is 60.9 Å². The van der Waals surface area contributed by atoms with Gasteiger partial charge >= 0.3 is 6.18 Å². The van der Waals surface area contributed by atoms with Crippen LogP contribution in [0.4, 0.5) is 27.6 Å². The molecule has 2 heterocycles. The van der Waals surface area contributed by atoms with E-state index in [-0.39, 0.29) is 45.8 Å². The van der Waals surface area contributed by atoms with Gasteiger partial charge in [0.2, 0.25) is 0 Å². The molecule has 0 bridgehead atoms. The fourth-order valence-corrected chi connectivity index (χ4v) is 5.39. The quantitative estimate of drug-likeness (QED) is 0.255. The second kappa shape index (κ2) is 11.1. The molecule has 1 aliphatic heterocycles. The van der Waals surface area contributed by atoms with E-state index in [0.29, 0.717) is 23.3 Å². The summed E-state index contributed by atoms with van der Waals surface area (Å²) in [6, 6.07) is 6.67. The number of nitrogens with zero attached hydrogens (tertiary/aromatic N) is 2. The summed E-state index contributed by atoms with van der Waals surface area (Å²) in [4.78, 5) is 26.3. The van der Waals surface area contributed by atoms with Crippen molar-refractivity contribution in [3.8, 4) is 11.1 Å². The van der Waals surface area contributed by atoms with Crippen LogP contribution < -0.4 is 10.6 Å². The van der Waals surface area contributed by atoms with E-state index < -0.39 is 56.6 Å². The number of hydrogen-bond acceptors (Lipinski definition) is 5. The Balaban J connectivity index is 1.62. The highest BCUT2D eigenvalue weighted by Gasteiger charge is 2.36. The van der Waals surface area contributed by atoms with Crippen molar-refractivity contribution in [2.45, 2.75) is 18.8 Å². The Morgan fingerprint density at radius 1 is 1.07 bits per heavy atom. The van der Waals surface area contributed by atoms with Crippen LogP contribution in [0, 0.1) is 11.6 Å². The Labute approximate surface area is 246 Å². The molecular formula is C28H20ClF5N4O4S. The van der Waals surface area contributed by atoms with Crippen LogP contribution in [-0.2, 0) is 22.6 Å². The minimum Gasteiger partial charge on any atom is -0.341 e. The average Bonchev–Trinajstić information content (AvgIpc) is 3.52. The van der Waals surface area contributed by atoms with Crippen molar-refractivity contribution in [1.82, 2.24) is 15.1 Å². The summed E-state index contributed by atoms with van der Waals surface area (Å²) < 4.78 is 92.7. The van der Waals surface area contributed by atoms with E-state index in [4.69, 9.17) is 11.6 Å². The monoisotopic (exact) mass is 638 g/mol. The smallest absolute Gasteiger partial charge is 0.341 e. The van der Waals surface area contributed by atoms with Crippen molar-refractivity contribution in [2.75, 3.05) is 17.3 Å². The number of anilines is 1. The number of halogens is 6. The molecule has 0 saturated carbocycles. The van der Waals surface area contributed by atoms with E-state index in [1.54, 1.807) is 0 Å². The van der Waals surface area contributed by atoms with Gasteiger partial charge in [-0.3, -0.25) is 14.3 Å². The highest BCUT2D eigenvalue weighted by Crippen LogP contribution is 2.42. The molecule has 15 heteroatoms. The van der Waals surface area contributed by atoms with Crippen LogP contribution in [0.2, 0.25) is 5.02 Å². The average molecular weight is 639 g/mol. The third-order valence-corrected chi connectivity index (χ3v) is 7.92. The SMILES string of the molecule is CS(=O)(=O)CCn1cc(-c2cc(NC(=O)c3cc(F)cc(C(F)(F)F)c3)c3c(c2)C(=O)NC3c2cc(F)ccc2Cl)cn1. The van der Waals surface area contributed by atoms with Crippen LogP contribution in [0.5, 0.6) is 0 Å². The first kappa shape index (κ1) is 30.2. The van der Waals surface area contributed by atoms with Gasteiger partial charge in [0, 0.05) is 51.0 Å². The first-order valence-electron chi connectivity index (χ1n) is 12.4. The molecule has 43 heavy (non-hydrogen) atoms. The third kappa shape index (κ3) is 6.54. The number of aryl methyl sites for hydroxylation is 1. The molecule has 224 valence electrons. The van der Waals surface area contributed by atoms with Crippen molar-refractivity contribution in [3.63, 3.8) is 0 Å². The van der Waals surface area contributed by atoms with Gasteiger partial charge in [0.15, 0.2) is 0 Å². The summed E-state index contributed by atoms with van der Waals surface area (Å²) in [6.45, 7) is 0.0368. The number of rotatable bonds is 7. The van der Waals surface area contributed by atoms with Gasteiger partial charge in [-0.2, -0.15) is 18.3 Å². The summed E-state index contributed by atoms with van der Waals surface area (Å²) in [5, 5.41) is 9.37. The van der Waals surface area contributed by atoms with Gasteiger partial charge in [0.05, 0.1) is 30.1 Å². The van der Waals surface area contributed by atoms with Gasteiger partial charge in [-0.25, -0.2) is 17.2 Å². The number of amides is 2. The van der Waals surface area contributed by atoms with Crippen LogP contribution in [0.3, 0.4) is 0 Å². The molecule has 3 aromatic carbocycles. The highest BCUT2D eigenvalue weighted by atomic mass is 35.5. The van der Waals surface area contributed by atoms with Crippen LogP contribution in [0.25, 0.3) is 11.1 Å². The predicted molar refractivity (Wildman–Crippen MR) is 147 cm³/mol. The number of carbonyl (C=O) groups is 2. The number of nitrogens with one attached hydrogen (secondary N) is 2. The number of sulfone groups is 1. The molecule has 0 radical (unpaired) electrons. The van der Waals surface area contributed by atoms with Crippen LogP contribution >= 0.6 is 11.6 Å². The Morgan fingerprint density at radius 2 is 1.81 bits per heavy atom. The summed E-state index contributed by atoms with van der Waals surface area (Å²) in [6.07, 6.45) is -0.950. The minimum absolute atomic E-state index is 0.0368. The first-order chi connectivity index (χ1) is 20.1. The topological polar surface area (TPSA) is 110 Å². The maximum atomic E-state index is 14.2. The van der Waals surface area contributed by atoms with Gasteiger partial charge in [0.25, 0.3) is 11.8 Å². The van der Waals surface area contributed by atoms with Crippen molar-refractivity contribution < 1.29 is 40.0 Å². The molecule has 5 rings (SSSR count). The van der Waals surface area contributed by atoms with E-state index in [0.717, 1.165) is 18.4 Å². The van der Waals surface area contributed by atoms with Gasteiger partial charge in [-0.15, -0.1) is 0 Å². The van der Waals surface area contributed by atoms with E-state index >= 15 is 0 Å². The number of alkyl halides is 3. The zero-order chi connectivity index (χ0) is 31.3. The largest absolute Gasteiger partial charge is 0.416 e. The number of carbonyl (C=O) groups excluding carboxylic acids is 2. The van der Waals surface area contributed by atoms with Crippen LogP contribution in [-0.4, -0.2) is 42.0 Å². The molecule has 1 unspecified atom stereocenters. The maximum absolute atomic E-state index is 14.2. The lowest BCUT2D eigenvalue weighted by Gasteiger charge is -2.19. The molecule has 0 saturated heterocycles. The van der Waals surface area contributed by atoms with E-state index in [2.05, 4.69) is 15.7 Å². The second-order valence-electron chi connectivity index (χ2n) is 9.86. The molecule has 8 nitrogen and oxygen atoms in total. The van der Waals surface area contributed by atoms with Crippen molar-refractivity contribution in [3.05, 3.63) is 105 Å². The zero-order valence-electron chi connectivity index (χ0n) is 22.0. The number of benzene rings is 3.